The minimum absolute atomic E-state index is 0.186. The maximum Gasteiger partial charge on any atom is 0.306 e. The molecule has 1 heterocycles. The number of rotatable bonds is 14. The van der Waals surface area contributed by atoms with E-state index in [1.807, 2.05) is 24.3 Å². The zero-order chi connectivity index (χ0) is 46.3. The number of hydrogen-bond acceptors (Lipinski definition) is 16. The summed E-state index contributed by atoms with van der Waals surface area (Å²) in [5.74, 6) is 6.11. The molecular formula is C50H68O14S2. The molecule has 0 spiro atoms. The second-order valence-corrected chi connectivity index (χ2v) is 17.4. The predicted molar refractivity (Wildman–Crippen MR) is 259 cm³/mol. The Kier molecular flexibility index (Phi) is 26.2. The van der Waals surface area contributed by atoms with E-state index in [9.17, 15) is 9.59 Å². The van der Waals surface area contributed by atoms with Gasteiger partial charge in [-0.2, -0.15) is 23.5 Å². The van der Waals surface area contributed by atoms with Crippen LogP contribution in [0.2, 0.25) is 0 Å². The zero-order valence-electron chi connectivity index (χ0n) is 38.7. The van der Waals surface area contributed by atoms with E-state index in [1.54, 1.807) is 23.5 Å². The number of esters is 2. The van der Waals surface area contributed by atoms with Gasteiger partial charge in [0.05, 0.1) is 106 Å². The molecule has 364 valence electrons. The lowest BCUT2D eigenvalue weighted by molar-refractivity contribution is -0.141. The van der Waals surface area contributed by atoms with E-state index in [0.717, 1.165) is 104 Å². The number of hydrogen-bond donors (Lipinski definition) is 0. The molecule has 0 N–H and O–H groups in total. The lowest BCUT2D eigenvalue weighted by atomic mass is 10.0. The van der Waals surface area contributed by atoms with Crippen molar-refractivity contribution >= 4 is 57.0 Å². The molecule has 0 saturated heterocycles. The largest absolute Gasteiger partial charge is 0.491 e. The number of benzene rings is 4. The fourth-order valence-electron chi connectivity index (χ4n) is 7.04. The minimum Gasteiger partial charge on any atom is -0.491 e. The van der Waals surface area contributed by atoms with Crippen molar-refractivity contribution < 1.29 is 66.4 Å². The van der Waals surface area contributed by atoms with Crippen molar-refractivity contribution in [3.8, 4) is 23.0 Å². The molecule has 14 nitrogen and oxygen atoms in total. The first-order valence-corrected chi connectivity index (χ1v) is 25.3. The summed E-state index contributed by atoms with van der Waals surface area (Å²) in [5, 5.41) is 3.88. The molecule has 4 aromatic carbocycles. The van der Waals surface area contributed by atoms with Gasteiger partial charge in [-0.15, -0.1) is 0 Å². The van der Waals surface area contributed by atoms with E-state index in [-0.39, 0.29) is 11.9 Å². The lowest BCUT2D eigenvalue weighted by Crippen LogP contribution is -2.15. The fourth-order valence-corrected chi connectivity index (χ4v) is 8.77. The second-order valence-electron chi connectivity index (χ2n) is 15.0. The Bertz CT molecular complexity index is 1860. The van der Waals surface area contributed by atoms with Crippen LogP contribution in [0, 0.1) is 0 Å². The van der Waals surface area contributed by atoms with Gasteiger partial charge in [0, 0.05) is 33.1 Å². The third kappa shape index (κ3) is 19.3. The van der Waals surface area contributed by atoms with Gasteiger partial charge in [0.2, 0.25) is 0 Å². The first-order chi connectivity index (χ1) is 32.6. The highest BCUT2D eigenvalue weighted by Gasteiger charge is 2.15. The molecule has 16 heteroatoms. The van der Waals surface area contributed by atoms with Gasteiger partial charge in [-0.05, 0) is 60.4 Å². The molecule has 5 rings (SSSR count). The molecule has 4 aromatic rings. The Morgan fingerprint density at radius 2 is 0.773 bits per heavy atom. The Hall–Kier alpha value is -4.00. The van der Waals surface area contributed by atoms with Crippen LogP contribution < -0.4 is 18.9 Å². The van der Waals surface area contributed by atoms with Gasteiger partial charge in [-0.3, -0.25) is 9.59 Å². The van der Waals surface area contributed by atoms with Crippen LogP contribution >= 0.6 is 23.5 Å². The highest BCUT2D eigenvalue weighted by molar-refractivity contribution is 7.99. The van der Waals surface area contributed by atoms with Crippen LogP contribution in [0.5, 0.6) is 23.0 Å². The quantitative estimate of drug-likeness (QED) is 0.0895. The Labute approximate surface area is 398 Å². The first kappa shape index (κ1) is 53.0. The van der Waals surface area contributed by atoms with E-state index in [2.05, 4.69) is 36.4 Å². The zero-order valence-corrected chi connectivity index (χ0v) is 40.3. The topological polar surface area (TPSA) is 145 Å². The third-order valence-corrected chi connectivity index (χ3v) is 12.5. The molecule has 0 saturated carbocycles. The third-order valence-electron chi connectivity index (χ3n) is 10.3. The van der Waals surface area contributed by atoms with E-state index in [4.69, 9.17) is 56.8 Å². The van der Waals surface area contributed by atoms with Gasteiger partial charge in [0.15, 0.2) is 0 Å². The number of carbonyl (C=O) groups excluding carboxylic acids is 2. The fraction of sp³-hybridized carbons (Fsp3) is 0.560. The molecule has 0 aliphatic carbocycles. The molecule has 0 amide bonds. The van der Waals surface area contributed by atoms with Gasteiger partial charge in [-0.25, -0.2) is 0 Å². The van der Waals surface area contributed by atoms with Crippen LogP contribution in [0.25, 0.3) is 21.5 Å². The van der Waals surface area contributed by atoms with E-state index < -0.39 is 0 Å². The second kappa shape index (κ2) is 32.7. The van der Waals surface area contributed by atoms with Crippen molar-refractivity contribution in [2.24, 2.45) is 0 Å². The molecule has 0 aromatic heterocycles. The van der Waals surface area contributed by atoms with Crippen LogP contribution in [-0.4, -0.2) is 155 Å². The summed E-state index contributed by atoms with van der Waals surface area (Å²) >= 11 is 3.49. The average molecular weight is 957 g/mol. The van der Waals surface area contributed by atoms with Crippen LogP contribution in [0.1, 0.15) is 36.8 Å². The van der Waals surface area contributed by atoms with Crippen molar-refractivity contribution in [1.29, 1.82) is 0 Å². The summed E-state index contributed by atoms with van der Waals surface area (Å²) in [6.07, 6.45) is 4.34. The smallest absolute Gasteiger partial charge is 0.306 e. The lowest BCUT2D eigenvalue weighted by Gasteiger charge is -2.17. The van der Waals surface area contributed by atoms with Gasteiger partial charge in [0.25, 0.3) is 0 Å². The summed E-state index contributed by atoms with van der Waals surface area (Å²) in [6, 6.07) is 20.4. The first-order valence-electron chi connectivity index (χ1n) is 22.9. The predicted octanol–water partition coefficient (Wildman–Crippen LogP) is 7.78. The Balaban J connectivity index is 1.15. The number of ether oxygens (including phenoxy) is 12. The highest BCUT2D eigenvalue weighted by Crippen LogP contribution is 2.37. The molecule has 8 bridgehead atoms. The SMILES string of the molecule is COC(=O)CCSCCCc1ccc2c3cccc2c1OCCOCCOCCOCCOc1c(CCCSCCC(=O)OC)ccc2c(cccc12)OCCOCCOCCOCCO3. The van der Waals surface area contributed by atoms with Gasteiger partial charge in [-0.1, -0.05) is 48.5 Å². The summed E-state index contributed by atoms with van der Waals surface area (Å²) in [5.41, 5.74) is 2.22. The number of carbonyl (C=O) groups is 2. The molecular weight excluding hydrogens is 889 g/mol. The van der Waals surface area contributed by atoms with E-state index in [0.29, 0.717) is 119 Å². The number of aryl methyl sites for hydroxylation is 2. The number of thioether (sulfide) groups is 2. The minimum atomic E-state index is -0.186. The van der Waals surface area contributed by atoms with Gasteiger partial charge in [0.1, 0.15) is 49.4 Å². The normalized spacial score (nSPS) is 16.0. The monoisotopic (exact) mass is 956 g/mol. The Morgan fingerprint density at radius 1 is 0.424 bits per heavy atom. The molecule has 1 aliphatic rings. The van der Waals surface area contributed by atoms with Crippen LogP contribution in [0.4, 0.5) is 0 Å². The molecule has 0 fully saturated rings. The summed E-state index contributed by atoms with van der Waals surface area (Å²) in [6.45, 7) is 6.64. The van der Waals surface area contributed by atoms with Crippen molar-refractivity contribution in [2.75, 3.05) is 143 Å². The van der Waals surface area contributed by atoms with Crippen molar-refractivity contribution in [3.05, 3.63) is 71.8 Å². The van der Waals surface area contributed by atoms with Crippen molar-refractivity contribution in [3.63, 3.8) is 0 Å². The summed E-state index contributed by atoms with van der Waals surface area (Å²) in [7, 11) is 2.84. The average Bonchev–Trinajstić information content (AvgIpc) is 3.34. The maximum atomic E-state index is 11.5. The molecule has 0 radical (unpaired) electrons. The molecule has 0 atom stereocenters. The van der Waals surface area contributed by atoms with Gasteiger partial charge >= 0.3 is 11.9 Å². The summed E-state index contributed by atoms with van der Waals surface area (Å²) in [4.78, 5) is 23.0. The van der Waals surface area contributed by atoms with E-state index >= 15 is 0 Å². The highest BCUT2D eigenvalue weighted by atomic mass is 32.2. The van der Waals surface area contributed by atoms with Crippen molar-refractivity contribution in [1.82, 2.24) is 0 Å². The standard InChI is InChI=1S/C50H68O14S2/c1-53-47(51)17-37-65-35-5-7-39-13-15-41-43-9-3-11-45(41)61-31-27-57-23-19-55-20-24-58-28-32-62-46-12-4-10-44-42(46)16-14-40(8-6-36-66-38-18-48(52)54-2)50(44)64-34-30-60-26-22-56-21-25-59-29-33-63-49(39)43/h3-4,9-16H,5-8,17-38H2,1-2H3. The summed E-state index contributed by atoms with van der Waals surface area (Å²) < 4.78 is 69.7. The van der Waals surface area contributed by atoms with Crippen LogP contribution in [0.15, 0.2) is 60.7 Å². The molecule has 0 unspecified atom stereocenters. The number of methoxy groups -OCH3 is 2. The maximum absolute atomic E-state index is 11.5. The van der Waals surface area contributed by atoms with Crippen LogP contribution in [-0.2, 0) is 60.3 Å². The van der Waals surface area contributed by atoms with E-state index in [1.165, 1.54) is 14.2 Å². The molecule has 66 heavy (non-hydrogen) atoms. The van der Waals surface area contributed by atoms with Crippen LogP contribution in [0.3, 0.4) is 0 Å². The van der Waals surface area contributed by atoms with Crippen molar-refractivity contribution in [2.45, 2.75) is 38.5 Å². The molecule has 1 aliphatic heterocycles. The Morgan fingerprint density at radius 3 is 1.14 bits per heavy atom. The van der Waals surface area contributed by atoms with Gasteiger partial charge < -0.3 is 56.8 Å².